The molecule has 0 aromatic rings. The fourth-order valence-corrected chi connectivity index (χ4v) is 0.632. The first-order chi connectivity index (χ1) is 5.40. The van der Waals surface area contributed by atoms with Gasteiger partial charge in [-0.2, -0.15) is 30.4 Å². The number of carbonyl (C=O) groups excluding carboxylic acids is 1. The number of halogens is 6. The molecule has 4 nitrogen and oxygen atoms in total. The first-order valence-corrected chi connectivity index (χ1v) is 3.81. The number of hydrogen-bond acceptors (Lipinski definition) is 3. The van der Waals surface area contributed by atoms with Gasteiger partial charge in [-0.3, -0.25) is 14.1 Å². The number of Topliss-reactive ketones (excluding diaryl/α,β-unsaturated/α-hetero) is 1. The summed E-state index contributed by atoms with van der Waals surface area (Å²) in [7, 11) is -6.39. The van der Waals surface area contributed by atoms with Crippen molar-refractivity contribution in [2.75, 3.05) is 0 Å². The molecule has 1 N–H and O–H groups in total. The molecule has 0 bridgehead atoms. The van der Waals surface area contributed by atoms with E-state index in [0.717, 1.165) is 0 Å². The smallest absolute Gasteiger partial charge is 0.281 e. The van der Waals surface area contributed by atoms with Crippen LogP contribution in [0.1, 0.15) is 0 Å². The third kappa shape index (κ3) is 2.83. The summed E-state index contributed by atoms with van der Waals surface area (Å²) in [4.78, 5) is 9.72. The summed E-state index contributed by atoms with van der Waals surface area (Å²) in [5.41, 5.74) is 0. The van der Waals surface area contributed by atoms with E-state index < -0.39 is 27.3 Å². The third-order valence-corrected chi connectivity index (χ3v) is 1.68. The summed E-state index contributed by atoms with van der Waals surface area (Å²) in [6.07, 6.45) is -6.03. The van der Waals surface area contributed by atoms with E-state index in [1.807, 2.05) is 0 Å². The van der Waals surface area contributed by atoms with E-state index in [4.69, 9.17) is 4.55 Å². The second-order valence-electron chi connectivity index (χ2n) is 1.82. The van der Waals surface area contributed by atoms with E-state index in [1.54, 1.807) is 0 Å². The van der Waals surface area contributed by atoms with Gasteiger partial charge in [-0.15, -0.1) is 0 Å². The quantitative estimate of drug-likeness (QED) is 0.578. The number of carbonyl (C=O) groups is 1. The minimum absolute atomic E-state index is 0. The van der Waals surface area contributed by atoms with E-state index in [1.165, 1.54) is 0 Å². The molecule has 0 spiro atoms. The van der Waals surface area contributed by atoms with E-state index in [2.05, 4.69) is 0 Å². The Kier molecular flexibility index (Phi) is 4.16. The Labute approximate surface area is 72.8 Å². The molecule has 0 amide bonds. The van der Waals surface area contributed by atoms with Crippen LogP contribution in [0.25, 0.3) is 0 Å². The fraction of sp³-hybridized carbons (Fsp3) is 0.667. The minimum atomic E-state index is -6.39. The predicted octanol–water partition coefficient (Wildman–Crippen LogP) is 0.751. The van der Waals surface area contributed by atoms with Gasteiger partial charge in [0.2, 0.25) is 0 Å². The Morgan fingerprint density at radius 3 is 1.43 bits per heavy atom. The molecule has 86 valence electrons. The number of hydrogen-bond donors (Lipinski definition) is 1. The maximum atomic E-state index is 11.9. The zero-order valence-electron chi connectivity index (χ0n) is 5.88. The molecule has 0 aliphatic heterocycles. The highest BCUT2D eigenvalue weighted by atomic mass is 32.2. The van der Waals surface area contributed by atoms with Gasteiger partial charge in [0.25, 0.3) is 0 Å². The van der Waals surface area contributed by atoms with E-state index in [9.17, 15) is 35.2 Å². The van der Waals surface area contributed by atoms with Gasteiger partial charge in [0.05, 0.1) is 0 Å². The highest BCUT2D eigenvalue weighted by molar-refractivity contribution is 7.87. The third-order valence-electron chi connectivity index (χ3n) is 0.846. The molecule has 0 saturated heterocycles. The first-order valence-electron chi connectivity index (χ1n) is 2.37. The summed E-state index contributed by atoms with van der Waals surface area (Å²) < 4.78 is 84.5. The number of ketones is 1. The van der Waals surface area contributed by atoms with Crippen molar-refractivity contribution in [3.8, 4) is 0 Å². The van der Waals surface area contributed by atoms with Crippen molar-refractivity contribution in [1.29, 1.82) is 0 Å². The lowest BCUT2D eigenvalue weighted by Crippen LogP contribution is -2.45. The highest BCUT2D eigenvalue weighted by Gasteiger charge is 2.62. The fourth-order valence-electron chi connectivity index (χ4n) is 0.282. The molecule has 0 fully saturated rings. The van der Waals surface area contributed by atoms with E-state index >= 15 is 0 Å². The normalized spacial score (nSPS) is 13.3. The van der Waals surface area contributed by atoms with Crippen molar-refractivity contribution >= 4 is 15.9 Å². The SMILES string of the molecule is F.O=C(C(F)(F)F)C(F)(F)S(=O)(=O)O. The Hall–Kier alpha value is -0.840. The monoisotopic (exact) mass is 248 g/mol. The molecule has 0 rings (SSSR count). The topological polar surface area (TPSA) is 71.4 Å². The zero-order chi connectivity index (χ0) is 11.1. The molecule has 0 unspecified atom stereocenters. The predicted molar refractivity (Wildman–Crippen MR) is 30.1 cm³/mol. The summed E-state index contributed by atoms with van der Waals surface area (Å²) in [6.45, 7) is 0. The van der Waals surface area contributed by atoms with Gasteiger partial charge < -0.3 is 0 Å². The van der Waals surface area contributed by atoms with Gasteiger partial charge in [-0.05, 0) is 0 Å². The molecule has 0 saturated carbocycles. The Morgan fingerprint density at radius 2 is 1.36 bits per heavy atom. The largest absolute Gasteiger partial charge is 0.457 e. The van der Waals surface area contributed by atoms with Crippen molar-refractivity contribution < 1.29 is 44.4 Å². The molecule has 0 aromatic carbocycles. The molecule has 11 heteroatoms. The van der Waals surface area contributed by atoms with Gasteiger partial charge in [0.1, 0.15) is 0 Å². The van der Waals surface area contributed by atoms with Crippen LogP contribution < -0.4 is 0 Å². The van der Waals surface area contributed by atoms with Crippen molar-refractivity contribution in [2.45, 2.75) is 11.4 Å². The maximum Gasteiger partial charge on any atom is 0.457 e. The number of alkyl halides is 5. The van der Waals surface area contributed by atoms with Crippen LogP contribution in [0.5, 0.6) is 0 Å². The summed E-state index contributed by atoms with van der Waals surface area (Å²) >= 11 is 0. The van der Waals surface area contributed by atoms with Crippen LogP contribution in [0.2, 0.25) is 0 Å². The van der Waals surface area contributed by atoms with Crippen LogP contribution in [-0.4, -0.2) is 30.2 Å². The second kappa shape index (κ2) is 3.73. The molecule has 0 aromatic heterocycles. The van der Waals surface area contributed by atoms with E-state index in [0.29, 0.717) is 0 Å². The molecule has 0 radical (unpaired) electrons. The second-order valence-corrected chi connectivity index (χ2v) is 3.28. The van der Waals surface area contributed by atoms with Crippen LogP contribution in [-0.2, 0) is 14.9 Å². The van der Waals surface area contributed by atoms with Gasteiger partial charge >= 0.3 is 27.3 Å². The Balaban J connectivity index is 0. The average molecular weight is 248 g/mol. The molecule has 0 heterocycles. The maximum absolute atomic E-state index is 11.9. The van der Waals surface area contributed by atoms with Crippen LogP contribution in [0.15, 0.2) is 0 Å². The Bertz CT molecular complexity index is 314. The van der Waals surface area contributed by atoms with Crippen molar-refractivity contribution in [3.05, 3.63) is 0 Å². The van der Waals surface area contributed by atoms with Crippen molar-refractivity contribution in [2.24, 2.45) is 0 Å². The van der Waals surface area contributed by atoms with Crippen LogP contribution in [0, 0.1) is 0 Å². The standard InChI is InChI=1S/C3HF5O4S.FH/c4-2(5,6)1(9)3(7,8)13(10,11)12;/h(H,10,11,12);1H. The van der Waals surface area contributed by atoms with Gasteiger partial charge in [-0.1, -0.05) is 0 Å². The van der Waals surface area contributed by atoms with E-state index in [-0.39, 0.29) is 4.70 Å². The molecular formula is C3H2F6O4S. The average Bonchev–Trinajstić information content (AvgIpc) is 1.81. The van der Waals surface area contributed by atoms with Crippen LogP contribution in [0.4, 0.5) is 26.7 Å². The van der Waals surface area contributed by atoms with Crippen molar-refractivity contribution in [1.82, 2.24) is 0 Å². The van der Waals surface area contributed by atoms with Crippen LogP contribution in [0.3, 0.4) is 0 Å². The first kappa shape index (κ1) is 15.6. The molecule has 0 aliphatic rings. The van der Waals surface area contributed by atoms with Gasteiger partial charge in [0, 0.05) is 0 Å². The summed E-state index contributed by atoms with van der Waals surface area (Å²) in [5, 5.41) is -5.86. The zero-order valence-corrected chi connectivity index (χ0v) is 6.69. The van der Waals surface area contributed by atoms with Gasteiger partial charge in [0.15, 0.2) is 0 Å². The minimum Gasteiger partial charge on any atom is -0.281 e. The van der Waals surface area contributed by atoms with Crippen LogP contribution >= 0.6 is 0 Å². The highest BCUT2D eigenvalue weighted by Crippen LogP contribution is 2.31. The van der Waals surface area contributed by atoms with Crippen molar-refractivity contribution in [3.63, 3.8) is 0 Å². The summed E-state index contributed by atoms with van der Waals surface area (Å²) in [6, 6.07) is 0. The lowest BCUT2D eigenvalue weighted by atomic mass is 10.4. The Morgan fingerprint density at radius 1 is 1.07 bits per heavy atom. The van der Waals surface area contributed by atoms with Gasteiger partial charge in [-0.25, -0.2) is 0 Å². The lowest BCUT2D eigenvalue weighted by Gasteiger charge is -2.12. The lowest BCUT2D eigenvalue weighted by molar-refractivity contribution is -0.186. The summed E-state index contributed by atoms with van der Waals surface area (Å²) in [5.74, 6) is -3.83. The number of rotatable bonds is 2. The molecule has 14 heavy (non-hydrogen) atoms. The molecular weight excluding hydrogens is 246 g/mol. The molecule has 0 aliphatic carbocycles. The molecule has 0 atom stereocenters.